The first kappa shape index (κ1) is 21.4. The number of carbonyl (C=O) groups excluding carboxylic acids is 1. The number of carbonyl (C=O) groups is 1. The van der Waals surface area contributed by atoms with Crippen molar-refractivity contribution in [3.05, 3.63) is 68.7 Å². The lowest BCUT2D eigenvalue weighted by Crippen LogP contribution is -2.22. The molecule has 4 rings (SSSR count). The van der Waals surface area contributed by atoms with Crippen LogP contribution < -0.4 is 10.6 Å². The zero-order chi connectivity index (χ0) is 21.6. The van der Waals surface area contributed by atoms with Gasteiger partial charge in [0.05, 0.1) is 34.1 Å². The molecule has 7 nitrogen and oxygen atoms in total. The number of hydrogen-bond donors (Lipinski definition) is 2. The first-order valence-electron chi connectivity index (χ1n) is 9.88. The number of thiophene rings is 1. The largest absolute Gasteiger partial charge is 0.383 e. The molecule has 31 heavy (non-hydrogen) atoms. The van der Waals surface area contributed by atoms with E-state index in [0.717, 1.165) is 38.7 Å². The molecule has 0 radical (unpaired) electrons. The van der Waals surface area contributed by atoms with Gasteiger partial charge in [-0.05, 0) is 18.1 Å². The maximum atomic E-state index is 12.9. The third-order valence-corrected chi connectivity index (χ3v) is 6.86. The number of amides is 1. The standard InChI is InChI=1S/C22H23N5O2S2/c1-14-18-20(23-8-9-29-2)25-13-26-22(18)31-19(14)21(28)24-11-16-12-30-17(27-16)10-15-6-4-3-5-7-15/h3-7,12-13H,8-11H2,1-2H3,(H,24,28)(H,23,25,26). The van der Waals surface area contributed by atoms with Crippen molar-refractivity contribution in [1.82, 2.24) is 20.3 Å². The fraction of sp³-hybridized carbons (Fsp3) is 0.273. The number of nitrogens with one attached hydrogen (secondary N) is 2. The van der Waals surface area contributed by atoms with Gasteiger partial charge in [0.2, 0.25) is 0 Å². The first-order chi connectivity index (χ1) is 15.2. The minimum atomic E-state index is -0.124. The summed E-state index contributed by atoms with van der Waals surface area (Å²) in [4.78, 5) is 27.6. The van der Waals surface area contributed by atoms with Gasteiger partial charge in [0.25, 0.3) is 5.91 Å². The molecule has 0 saturated heterocycles. The van der Waals surface area contributed by atoms with E-state index in [2.05, 4.69) is 37.7 Å². The van der Waals surface area contributed by atoms with E-state index in [4.69, 9.17) is 4.74 Å². The SMILES string of the molecule is COCCNc1ncnc2sc(C(=O)NCc3csc(Cc4ccccc4)n3)c(C)c12. The van der Waals surface area contributed by atoms with E-state index in [1.165, 1.54) is 23.2 Å². The smallest absolute Gasteiger partial charge is 0.262 e. The summed E-state index contributed by atoms with van der Waals surface area (Å²) in [5.41, 5.74) is 2.97. The summed E-state index contributed by atoms with van der Waals surface area (Å²) in [6, 6.07) is 10.2. The van der Waals surface area contributed by atoms with Crippen LogP contribution in [0.3, 0.4) is 0 Å². The summed E-state index contributed by atoms with van der Waals surface area (Å²) in [6.07, 6.45) is 2.31. The van der Waals surface area contributed by atoms with Gasteiger partial charge in [-0.25, -0.2) is 15.0 Å². The normalized spacial score (nSPS) is 11.0. The Balaban J connectivity index is 1.43. The minimum Gasteiger partial charge on any atom is -0.383 e. The molecule has 9 heteroatoms. The van der Waals surface area contributed by atoms with Crippen molar-refractivity contribution in [2.75, 3.05) is 25.6 Å². The number of ether oxygens (including phenoxy) is 1. The molecule has 0 aliphatic rings. The molecule has 1 amide bonds. The van der Waals surface area contributed by atoms with Crippen molar-refractivity contribution in [3.63, 3.8) is 0 Å². The highest BCUT2D eigenvalue weighted by molar-refractivity contribution is 7.20. The van der Waals surface area contributed by atoms with Gasteiger partial charge in [0.15, 0.2) is 0 Å². The zero-order valence-electron chi connectivity index (χ0n) is 17.3. The van der Waals surface area contributed by atoms with Crippen molar-refractivity contribution in [2.24, 2.45) is 0 Å². The Morgan fingerprint density at radius 1 is 1.19 bits per heavy atom. The second kappa shape index (κ2) is 9.95. The van der Waals surface area contributed by atoms with Gasteiger partial charge < -0.3 is 15.4 Å². The monoisotopic (exact) mass is 453 g/mol. The molecule has 0 fully saturated rings. The molecule has 2 N–H and O–H groups in total. The second-order valence-corrected chi connectivity index (χ2v) is 8.90. The molecule has 0 bridgehead atoms. The highest BCUT2D eigenvalue weighted by Gasteiger charge is 2.19. The van der Waals surface area contributed by atoms with Gasteiger partial charge >= 0.3 is 0 Å². The molecule has 0 aliphatic heterocycles. The Morgan fingerprint density at radius 2 is 2.03 bits per heavy atom. The third-order valence-electron chi connectivity index (χ3n) is 4.76. The molecule has 0 atom stereocenters. The summed E-state index contributed by atoms with van der Waals surface area (Å²) >= 11 is 2.99. The predicted molar refractivity (Wildman–Crippen MR) is 125 cm³/mol. The third kappa shape index (κ3) is 5.07. The van der Waals surface area contributed by atoms with E-state index in [-0.39, 0.29) is 5.91 Å². The minimum absolute atomic E-state index is 0.124. The van der Waals surface area contributed by atoms with Crippen molar-refractivity contribution in [2.45, 2.75) is 19.9 Å². The number of thiazole rings is 1. The average Bonchev–Trinajstić information content (AvgIpc) is 3.37. The summed E-state index contributed by atoms with van der Waals surface area (Å²) < 4.78 is 5.09. The summed E-state index contributed by atoms with van der Waals surface area (Å²) in [7, 11) is 1.66. The topological polar surface area (TPSA) is 89.0 Å². The van der Waals surface area contributed by atoms with Gasteiger partial charge in [0.1, 0.15) is 17.0 Å². The van der Waals surface area contributed by atoms with E-state index < -0.39 is 0 Å². The van der Waals surface area contributed by atoms with Crippen molar-refractivity contribution >= 4 is 44.6 Å². The van der Waals surface area contributed by atoms with E-state index in [1.54, 1.807) is 18.4 Å². The van der Waals surface area contributed by atoms with Crippen LogP contribution in [0, 0.1) is 6.92 Å². The van der Waals surface area contributed by atoms with Crippen LogP contribution in [-0.2, 0) is 17.7 Å². The second-order valence-electron chi connectivity index (χ2n) is 6.96. The lowest BCUT2D eigenvalue weighted by Gasteiger charge is -2.06. The fourth-order valence-corrected chi connectivity index (χ4v) is 5.12. The number of nitrogens with zero attached hydrogens (tertiary/aromatic N) is 3. The van der Waals surface area contributed by atoms with E-state index in [1.807, 2.05) is 30.5 Å². The average molecular weight is 454 g/mol. The van der Waals surface area contributed by atoms with Crippen molar-refractivity contribution in [1.29, 1.82) is 0 Å². The number of rotatable bonds is 9. The van der Waals surface area contributed by atoms with E-state index in [9.17, 15) is 4.79 Å². The highest BCUT2D eigenvalue weighted by atomic mass is 32.1. The molecular formula is C22H23N5O2S2. The molecule has 0 aliphatic carbocycles. The van der Waals surface area contributed by atoms with Gasteiger partial charge in [-0.2, -0.15) is 0 Å². The molecule has 4 aromatic rings. The number of aromatic nitrogens is 3. The molecule has 0 spiro atoms. The fourth-order valence-electron chi connectivity index (χ4n) is 3.23. The quantitative estimate of drug-likeness (QED) is 0.372. The van der Waals surface area contributed by atoms with Crippen LogP contribution in [-0.4, -0.2) is 41.1 Å². The van der Waals surface area contributed by atoms with Crippen molar-refractivity contribution < 1.29 is 9.53 Å². The van der Waals surface area contributed by atoms with Crippen LogP contribution in [0.25, 0.3) is 10.2 Å². The van der Waals surface area contributed by atoms with Gasteiger partial charge in [0, 0.05) is 25.5 Å². The summed E-state index contributed by atoms with van der Waals surface area (Å²) in [6.45, 7) is 3.53. The van der Waals surface area contributed by atoms with Crippen LogP contribution in [0.15, 0.2) is 42.0 Å². The van der Waals surface area contributed by atoms with Gasteiger partial charge in [-0.1, -0.05) is 30.3 Å². The molecular weight excluding hydrogens is 430 g/mol. The van der Waals surface area contributed by atoms with E-state index >= 15 is 0 Å². The lowest BCUT2D eigenvalue weighted by molar-refractivity contribution is 0.0954. The Kier molecular flexibility index (Phi) is 6.86. The first-order valence-corrected chi connectivity index (χ1v) is 11.6. The molecule has 3 aromatic heterocycles. The van der Waals surface area contributed by atoms with Crippen LogP contribution in [0.2, 0.25) is 0 Å². The number of methoxy groups -OCH3 is 1. The maximum absolute atomic E-state index is 12.9. The Morgan fingerprint density at radius 3 is 2.84 bits per heavy atom. The molecule has 0 saturated carbocycles. The number of benzene rings is 1. The predicted octanol–water partition coefficient (Wildman–Crippen LogP) is 4.04. The highest BCUT2D eigenvalue weighted by Crippen LogP contribution is 2.33. The Labute approximate surface area is 188 Å². The van der Waals surface area contributed by atoms with Gasteiger partial charge in [-0.15, -0.1) is 22.7 Å². The Hall–Kier alpha value is -2.88. The Bertz CT molecular complexity index is 1170. The number of hydrogen-bond acceptors (Lipinski definition) is 8. The number of fused-ring (bicyclic) bond motifs is 1. The number of aryl methyl sites for hydroxylation is 1. The zero-order valence-corrected chi connectivity index (χ0v) is 19.0. The van der Waals surface area contributed by atoms with E-state index in [0.29, 0.717) is 24.6 Å². The van der Waals surface area contributed by atoms with Crippen LogP contribution in [0.5, 0.6) is 0 Å². The molecule has 1 aromatic carbocycles. The van der Waals surface area contributed by atoms with Crippen molar-refractivity contribution in [3.8, 4) is 0 Å². The maximum Gasteiger partial charge on any atom is 0.262 e. The summed E-state index contributed by atoms with van der Waals surface area (Å²) in [5.74, 6) is 0.598. The molecule has 0 unspecified atom stereocenters. The van der Waals surface area contributed by atoms with Crippen LogP contribution >= 0.6 is 22.7 Å². The lowest BCUT2D eigenvalue weighted by atomic mass is 10.2. The number of anilines is 1. The molecule has 160 valence electrons. The van der Waals surface area contributed by atoms with Gasteiger partial charge in [-0.3, -0.25) is 4.79 Å². The van der Waals surface area contributed by atoms with Crippen LogP contribution in [0.1, 0.15) is 31.5 Å². The molecule has 3 heterocycles. The summed E-state index contributed by atoms with van der Waals surface area (Å²) in [5, 5.41) is 10.2. The van der Waals surface area contributed by atoms with Crippen LogP contribution in [0.4, 0.5) is 5.82 Å².